The van der Waals surface area contributed by atoms with Crippen LogP contribution < -0.4 is 4.74 Å². The molecule has 33 heavy (non-hydrogen) atoms. The van der Waals surface area contributed by atoms with Crippen LogP contribution in [-0.2, 0) is 9.47 Å². The Bertz CT molecular complexity index is 1310. The van der Waals surface area contributed by atoms with Gasteiger partial charge in [0.2, 0.25) is 0 Å². The molecule has 0 aliphatic rings. The quantitative estimate of drug-likeness (QED) is 0.400. The third kappa shape index (κ3) is 4.08. The van der Waals surface area contributed by atoms with E-state index >= 15 is 0 Å². The first-order valence-corrected chi connectivity index (χ1v) is 10.2. The summed E-state index contributed by atoms with van der Waals surface area (Å²) in [6, 6.07) is 24.2. The first-order chi connectivity index (χ1) is 16.1. The van der Waals surface area contributed by atoms with E-state index in [4.69, 9.17) is 14.2 Å². The molecule has 0 spiro atoms. The van der Waals surface area contributed by atoms with Crippen molar-refractivity contribution in [3.63, 3.8) is 0 Å². The number of carbonyl (C=O) groups is 2. The molecule has 7 nitrogen and oxygen atoms in total. The fourth-order valence-electron chi connectivity index (χ4n) is 3.67. The topological polar surface area (TPSA) is 79.7 Å². The lowest BCUT2D eigenvalue weighted by atomic mass is 9.99. The Hall–Kier alpha value is -4.39. The molecule has 0 atom stereocenters. The summed E-state index contributed by atoms with van der Waals surface area (Å²) in [5.41, 5.74) is 3.34. The van der Waals surface area contributed by atoms with Crippen molar-refractivity contribution < 1.29 is 23.8 Å². The lowest BCUT2D eigenvalue weighted by Crippen LogP contribution is -2.15. The van der Waals surface area contributed by atoms with Crippen molar-refractivity contribution in [1.29, 1.82) is 0 Å². The molecule has 7 heteroatoms. The number of methoxy groups -OCH3 is 3. The zero-order chi connectivity index (χ0) is 23.4. The highest BCUT2D eigenvalue weighted by atomic mass is 16.5. The van der Waals surface area contributed by atoms with Gasteiger partial charge in [-0.25, -0.2) is 14.3 Å². The highest BCUT2D eigenvalue weighted by Gasteiger charge is 2.31. The summed E-state index contributed by atoms with van der Waals surface area (Å²) in [5, 5.41) is 4.65. The Morgan fingerprint density at radius 3 is 2.12 bits per heavy atom. The number of carbonyl (C=O) groups excluding carboxylic acids is 2. The van der Waals surface area contributed by atoms with Crippen LogP contribution in [-0.4, -0.2) is 43.0 Å². The molecular weight excluding hydrogens is 420 g/mol. The van der Waals surface area contributed by atoms with Crippen molar-refractivity contribution >= 4 is 11.9 Å². The lowest BCUT2D eigenvalue weighted by molar-refractivity contribution is 0.0549. The fourth-order valence-corrected chi connectivity index (χ4v) is 3.67. The zero-order valence-electron chi connectivity index (χ0n) is 18.4. The number of nitrogens with zero attached hydrogens (tertiary/aromatic N) is 2. The van der Waals surface area contributed by atoms with Gasteiger partial charge in [-0.15, -0.1) is 0 Å². The third-order valence-corrected chi connectivity index (χ3v) is 5.21. The molecule has 1 aromatic heterocycles. The number of rotatable bonds is 6. The minimum atomic E-state index is -0.695. The van der Waals surface area contributed by atoms with Gasteiger partial charge in [0.15, 0.2) is 5.69 Å². The first-order valence-electron chi connectivity index (χ1n) is 10.2. The molecule has 0 aliphatic heterocycles. The van der Waals surface area contributed by atoms with Crippen molar-refractivity contribution in [2.45, 2.75) is 0 Å². The van der Waals surface area contributed by atoms with Gasteiger partial charge in [-0.05, 0) is 29.8 Å². The SMILES string of the molecule is COC(=O)c1c(-c2cccc(-c3ccccc3OC)c2)nn(-c2ccccc2)c1C(=O)OC. The van der Waals surface area contributed by atoms with Gasteiger partial charge in [0.1, 0.15) is 17.0 Å². The average molecular weight is 442 g/mol. The van der Waals surface area contributed by atoms with E-state index < -0.39 is 11.9 Å². The largest absolute Gasteiger partial charge is 0.496 e. The van der Waals surface area contributed by atoms with Crippen LogP contribution >= 0.6 is 0 Å². The number of hydrogen-bond donors (Lipinski definition) is 0. The molecule has 0 bridgehead atoms. The lowest BCUT2D eigenvalue weighted by Gasteiger charge is -2.10. The number of para-hydroxylation sites is 2. The van der Waals surface area contributed by atoms with Crippen LogP contribution in [0.25, 0.3) is 28.1 Å². The van der Waals surface area contributed by atoms with Gasteiger partial charge in [0.05, 0.1) is 27.0 Å². The maximum absolute atomic E-state index is 12.8. The Balaban J connectivity index is 1.97. The van der Waals surface area contributed by atoms with Crippen molar-refractivity contribution in [3.8, 4) is 33.8 Å². The van der Waals surface area contributed by atoms with Gasteiger partial charge in [-0.3, -0.25) is 0 Å². The van der Waals surface area contributed by atoms with Crippen molar-refractivity contribution in [3.05, 3.63) is 90.1 Å². The van der Waals surface area contributed by atoms with E-state index in [1.54, 1.807) is 19.2 Å². The minimum absolute atomic E-state index is 0.00625. The van der Waals surface area contributed by atoms with Crippen molar-refractivity contribution in [2.24, 2.45) is 0 Å². The van der Waals surface area contributed by atoms with Crippen LogP contribution in [0.1, 0.15) is 20.8 Å². The fraction of sp³-hybridized carbons (Fsp3) is 0.115. The maximum Gasteiger partial charge on any atom is 0.357 e. The molecule has 0 amide bonds. The predicted octanol–water partition coefficient (Wildman–Crippen LogP) is 4.79. The zero-order valence-corrected chi connectivity index (χ0v) is 18.4. The average Bonchev–Trinajstić information content (AvgIpc) is 3.29. The van der Waals surface area contributed by atoms with Gasteiger partial charge in [-0.1, -0.05) is 54.6 Å². The molecule has 0 unspecified atom stereocenters. The van der Waals surface area contributed by atoms with Gasteiger partial charge in [0.25, 0.3) is 0 Å². The Morgan fingerprint density at radius 2 is 1.42 bits per heavy atom. The Morgan fingerprint density at radius 1 is 0.758 bits per heavy atom. The molecular formula is C26H22N2O5. The van der Waals surface area contributed by atoms with Crippen LogP contribution in [0.5, 0.6) is 5.75 Å². The molecule has 0 saturated heterocycles. The molecule has 0 aliphatic carbocycles. The summed E-state index contributed by atoms with van der Waals surface area (Å²) in [6.07, 6.45) is 0. The number of hydrogen-bond acceptors (Lipinski definition) is 6. The number of aromatic nitrogens is 2. The molecule has 1 heterocycles. The highest BCUT2D eigenvalue weighted by Crippen LogP contribution is 2.34. The third-order valence-electron chi connectivity index (χ3n) is 5.21. The molecule has 3 aromatic carbocycles. The summed E-state index contributed by atoms with van der Waals surface area (Å²) >= 11 is 0. The highest BCUT2D eigenvalue weighted by molar-refractivity contribution is 6.07. The molecule has 4 rings (SSSR count). The van der Waals surface area contributed by atoms with E-state index in [0.717, 1.165) is 11.1 Å². The summed E-state index contributed by atoms with van der Waals surface area (Å²) in [6.45, 7) is 0. The predicted molar refractivity (Wildman–Crippen MR) is 124 cm³/mol. The molecule has 0 saturated carbocycles. The smallest absolute Gasteiger partial charge is 0.357 e. The van der Waals surface area contributed by atoms with Crippen LogP contribution in [0.15, 0.2) is 78.9 Å². The van der Waals surface area contributed by atoms with Gasteiger partial charge >= 0.3 is 11.9 Å². The standard InChI is InChI=1S/C26H22N2O5/c1-31-21-15-8-7-14-20(21)17-10-9-11-18(16-17)23-22(25(29)32-2)24(26(30)33-3)28(27-23)19-12-5-4-6-13-19/h4-16H,1-3H3. The molecule has 4 aromatic rings. The van der Waals surface area contributed by atoms with E-state index in [2.05, 4.69) is 5.10 Å². The first kappa shape index (κ1) is 21.8. The van der Waals surface area contributed by atoms with Crippen LogP contribution in [0, 0.1) is 0 Å². The summed E-state index contributed by atoms with van der Waals surface area (Å²) < 4.78 is 16.9. The van der Waals surface area contributed by atoms with Crippen molar-refractivity contribution in [1.82, 2.24) is 9.78 Å². The summed E-state index contributed by atoms with van der Waals surface area (Å²) in [5.74, 6) is -0.665. The van der Waals surface area contributed by atoms with Gasteiger partial charge in [0, 0.05) is 11.1 Å². The Labute approximate surface area is 191 Å². The van der Waals surface area contributed by atoms with E-state index in [1.807, 2.05) is 66.7 Å². The second kappa shape index (κ2) is 9.40. The van der Waals surface area contributed by atoms with E-state index in [9.17, 15) is 9.59 Å². The van der Waals surface area contributed by atoms with E-state index in [0.29, 0.717) is 22.7 Å². The molecule has 0 fully saturated rings. The van der Waals surface area contributed by atoms with Crippen LogP contribution in [0.2, 0.25) is 0 Å². The monoisotopic (exact) mass is 442 g/mol. The molecule has 0 radical (unpaired) electrons. The van der Waals surface area contributed by atoms with Crippen LogP contribution in [0.3, 0.4) is 0 Å². The van der Waals surface area contributed by atoms with E-state index in [-0.39, 0.29) is 11.3 Å². The van der Waals surface area contributed by atoms with E-state index in [1.165, 1.54) is 18.9 Å². The second-order valence-corrected chi connectivity index (χ2v) is 7.08. The molecule has 166 valence electrons. The Kier molecular flexibility index (Phi) is 6.22. The maximum atomic E-state index is 12.8. The number of ether oxygens (including phenoxy) is 3. The number of esters is 2. The minimum Gasteiger partial charge on any atom is -0.496 e. The van der Waals surface area contributed by atoms with Crippen LogP contribution in [0.4, 0.5) is 0 Å². The summed E-state index contributed by atoms with van der Waals surface area (Å²) in [7, 11) is 4.13. The van der Waals surface area contributed by atoms with Gasteiger partial charge < -0.3 is 14.2 Å². The van der Waals surface area contributed by atoms with Gasteiger partial charge in [-0.2, -0.15) is 5.10 Å². The number of benzene rings is 3. The normalized spacial score (nSPS) is 10.5. The molecule has 0 N–H and O–H groups in total. The second-order valence-electron chi connectivity index (χ2n) is 7.08. The van der Waals surface area contributed by atoms with Crippen molar-refractivity contribution in [2.75, 3.05) is 21.3 Å². The summed E-state index contributed by atoms with van der Waals surface area (Å²) in [4.78, 5) is 25.6.